The molecule has 6 nitrogen and oxygen atoms in total. The lowest BCUT2D eigenvalue weighted by Crippen LogP contribution is -2.37. The Labute approximate surface area is 146 Å². The first kappa shape index (κ1) is 17.0. The molecule has 2 aromatic heterocycles. The Bertz CT molecular complexity index is 677. The Morgan fingerprint density at radius 1 is 1.33 bits per heavy atom. The number of amides is 1. The number of rotatable bonds is 5. The van der Waals surface area contributed by atoms with Crippen LogP contribution in [0.4, 0.5) is 5.69 Å². The van der Waals surface area contributed by atoms with E-state index in [1.807, 2.05) is 13.8 Å². The van der Waals surface area contributed by atoms with Gasteiger partial charge in [-0.2, -0.15) is 0 Å². The van der Waals surface area contributed by atoms with Gasteiger partial charge in [0.25, 0.3) is 0 Å². The third-order valence-corrected chi connectivity index (χ3v) is 5.12. The maximum Gasteiger partial charge on any atom is 0.227 e. The molecule has 3 rings (SSSR count). The summed E-state index contributed by atoms with van der Waals surface area (Å²) in [5, 5.41) is 6.16. The van der Waals surface area contributed by atoms with Crippen LogP contribution in [-0.2, 0) is 17.8 Å². The standard InChI is InChI=1S/C17H23N5OS/c1-3-16-18-8-14(9-19-16)21-17(23)13-4-6-22(7-5-13)10-15-11-24-12(2)20-15/h8-9,11,13H,3-7,10H2,1-2H3,(H,21,23). The minimum Gasteiger partial charge on any atom is -0.323 e. The number of nitrogens with one attached hydrogen (secondary N) is 1. The highest BCUT2D eigenvalue weighted by atomic mass is 32.1. The number of anilines is 1. The average Bonchev–Trinajstić information content (AvgIpc) is 3.01. The first-order chi connectivity index (χ1) is 11.6. The van der Waals surface area contributed by atoms with E-state index in [9.17, 15) is 4.79 Å². The molecular formula is C17H23N5OS. The molecule has 1 aliphatic heterocycles. The molecule has 24 heavy (non-hydrogen) atoms. The van der Waals surface area contributed by atoms with E-state index < -0.39 is 0 Å². The van der Waals surface area contributed by atoms with E-state index in [0.717, 1.165) is 55.4 Å². The molecule has 0 radical (unpaired) electrons. The van der Waals surface area contributed by atoms with Crippen molar-refractivity contribution >= 4 is 22.9 Å². The molecule has 3 heterocycles. The largest absolute Gasteiger partial charge is 0.323 e. The zero-order chi connectivity index (χ0) is 16.9. The van der Waals surface area contributed by atoms with Crippen molar-refractivity contribution in [2.45, 2.75) is 39.7 Å². The predicted molar refractivity (Wildman–Crippen MR) is 94.9 cm³/mol. The third kappa shape index (κ3) is 4.36. The van der Waals surface area contributed by atoms with Crippen molar-refractivity contribution in [3.05, 3.63) is 34.3 Å². The van der Waals surface area contributed by atoms with Crippen molar-refractivity contribution in [2.24, 2.45) is 5.92 Å². The van der Waals surface area contributed by atoms with Gasteiger partial charge in [-0.15, -0.1) is 11.3 Å². The first-order valence-corrected chi connectivity index (χ1v) is 9.27. The Kier molecular flexibility index (Phi) is 5.52. The van der Waals surface area contributed by atoms with E-state index in [1.54, 1.807) is 23.7 Å². The van der Waals surface area contributed by atoms with Crippen LogP contribution in [0.2, 0.25) is 0 Å². The molecule has 0 bridgehead atoms. The maximum atomic E-state index is 12.4. The molecule has 0 spiro atoms. The van der Waals surface area contributed by atoms with E-state index in [2.05, 4.69) is 30.5 Å². The van der Waals surface area contributed by atoms with Gasteiger partial charge in [-0.05, 0) is 32.9 Å². The van der Waals surface area contributed by atoms with E-state index in [4.69, 9.17) is 0 Å². The molecule has 0 aromatic carbocycles. The minimum absolute atomic E-state index is 0.0595. The Morgan fingerprint density at radius 3 is 2.62 bits per heavy atom. The van der Waals surface area contributed by atoms with Gasteiger partial charge in [0, 0.05) is 24.3 Å². The maximum absolute atomic E-state index is 12.4. The van der Waals surface area contributed by atoms with Gasteiger partial charge in [0.05, 0.1) is 28.8 Å². The number of thiazole rings is 1. The molecule has 128 valence electrons. The van der Waals surface area contributed by atoms with Crippen LogP contribution < -0.4 is 5.32 Å². The van der Waals surface area contributed by atoms with Gasteiger partial charge < -0.3 is 5.32 Å². The fourth-order valence-electron chi connectivity index (χ4n) is 2.91. The van der Waals surface area contributed by atoms with Crippen molar-refractivity contribution < 1.29 is 4.79 Å². The zero-order valence-corrected chi connectivity index (χ0v) is 15.0. The van der Waals surface area contributed by atoms with Crippen LogP contribution in [0.15, 0.2) is 17.8 Å². The molecule has 1 amide bonds. The normalized spacial score (nSPS) is 16.2. The van der Waals surface area contributed by atoms with Crippen molar-refractivity contribution in [3.8, 4) is 0 Å². The van der Waals surface area contributed by atoms with Crippen molar-refractivity contribution in [1.82, 2.24) is 19.9 Å². The molecule has 0 aliphatic carbocycles. The molecular weight excluding hydrogens is 322 g/mol. The van der Waals surface area contributed by atoms with E-state index in [-0.39, 0.29) is 11.8 Å². The second-order valence-corrected chi connectivity index (χ2v) is 7.20. The van der Waals surface area contributed by atoms with Crippen LogP contribution in [0.5, 0.6) is 0 Å². The number of carbonyl (C=O) groups excluding carboxylic acids is 1. The van der Waals surface area contributed by atoms with Crippen molar-refractivity contribution in [3.63, 3.8) is 0 Å². The number of carbonyl (C=O) groups is 1. The number of aryl methyl sites for hydroxylation is 2. The average molecular weight is 345 g/mol. The summed E-state index contributed by atoms with van der Waals surface area (Å²) in [5.41, 5.74) is 1.81. The van der Waals surface area contributed by atoms with Crippen LogP contribution >= 0.6 is 11.3 Å². The topological polar surface area (TPSA) is 71.0 Å². The molecule has 2 aromatic rings. The second kappa shape index (κ2) is 7.81. The van der Waals surface area contributed by atoms with Gasteiger partial charge in [-0.1, -0.05) is 6.92 Å². The Balaban J connectivity index is 1.47. The van der Waals surface area contributed by atoms with Crippen molar-refractivity contribution in [1.29, 1.82) is 0 Å². The number of nitrogens with zero attached hydrogens (tertiary/aromatic N) is 4. The predicted octanol–water partition coefficient (Wildman–Crippen LogP) is 2.65. The highest BCUT2D eigenvalue weighted by molar-refractivity contribution is 7.09. The van der Waals surface area contributed by atoms with E-state index in [0.29, 0.717) is 5.69 Å². The van der Waals surface area contributed by atoms with E-state index >= 15 is 0 Å². The highest BCUT2D eigenvalue weighted by Crippen LogP contribution is 2.21. The van der Waals surface area contributed by atoms with Crippen LogP contribution in [-0.4, -0.2) is 38.8 Å². The van der Waals surface area contributed by atoms with Crippen LogP contribution in [0.3, 0.4) is 0 Å². The SMILES string of the molecule is CCc1ncc(NC(=O)C2CCN(Cc3csc(C)n3)CC2)cn1. The summed E-state index contributed by atoms with van der Waals surface area (Å²) in [6.07, 6.45) is 5.92. The van der Waals surface area contributed by atoms with Crippen LogP contribution in [0.25, 0.3) is 0 Å². The molecule has 1 saturated heterocycles. The summed E-state index contributed by atoms with van der Waals surface area (Å²) in [4.78, 5) is 27.7. The molecule has 1 N–H and O–H groups in total. The van der Waals surface area contributed by atoms with Crippen LogP contribution in [0.1, 0.15) is 36.3 Å². The summed E-state index contributed by atoms with van der Waals surface area (Å²) < 4.78 is 0. The lowest BCUT2D eigenvalue weighted by atomic mass is 9.96. The lowest BCUT2D eigenvalue weighted by molar-refractivity contribution is -0.121. The summed E-state index contributed by atoms with van der Waals surface area (Å²) >= 11 is 1.69. The van der Waals surface area contributed by atoms with Crippen molar-refractivity contribution in [2.75, 3.05) is 18.4 Å². The lowest BCUT2D eigenvalue weighted by Gasteiger charge is -2.30. The summed E-state index contributed by atoms with van der Waals surface area (Å²) in [7, 11) is 0. The molecule has 1 aliphatic rings. The number of aromatic nitrogens is 3. The quantitative estimate of drug-likeness (QED) is 0.902. The molecule has 7 heteroatoms. The Morgan fingerprint density at radius 2 is 2.04 bits per heavy atom. The zero-order valence-electron chi connectivity index (χ0n) is 14.2. The number of piperidine rings is 1. The summed E-state index contributed by atoms with van der Waals surface area (Å²) in [5.74, 6) is 0.926. The molecule has 1 fully saturated rings. The molecule has 0 saturated carbocycles. The fourth-order valence-corrected chi connectivity index (χ4v) is 3.51. The number of hydrogen-bond donors (Lipinski definition) is 1. The van der Waals surface area contributed by atoms with E-state index in [1.165, 1.54) is 0 Å². The van der Waals surface area contributed by atoms with Gasteiger partial charge in [-0.25, -0.2) is 15.0 Å². The monoisotopic (exact) mass is 345 g/mol. The van der Waals surface area contributed by atoms with Gasteiger partial charge in [0.15, 0.2) is 0 Å². The number of hydrogen-bond acceptors (Lipinski definition) is 6. The number of likely N-dealkylation sites (tertiary alicyclic amines) is 1. The van der Waals surface area contributed by atoms with Gasteiger partial charge >= 0.3 is 0 Å². The fraction of sp³-hybridized carbons (Fsp3) is 0.529. The summed E-state index contributed by atoms with van der Waals surface area (Å²) in [6.45, 7) is 6.78. The molecule has 0 unspecified atom stereocenters. The minimum atomic E-state index is 0.0595. The third-order valence-electron chi connectivity index (χ3n) is 4.30. The second-order valence-electron chi connectivity index (χ2n) is 6.14. The van der Waals surface area contributed by atoms with Gasteiger partial charge in [0.2, 0.25) is 5.91 Å². The van der Waals surface area contributed by atoms with Gasteiger partial charge in [0.1, 0.15) is 5.82 Å². The Hall–Kier alpha value is -1.86. The summed E-state index contributed by atoms with van der Waals surface area (Å²) in [6, 6.07) is 0. The smallest absolute Gasteiger partial charge is 0.227 e. The highest BCUT2D eigenvalue weighted by Gasteiger charge is 2.25. The van der Waals surface area contributed by atoms with Gasteiger partial charge in [-0.3, -0.25) is 9.69 Å². The molecule has 0 atom stereocenters. The first-order valence-electron chi connectivity index (χ1n) is 8.39. The van der Waals surface area contributed by atoms with Crippen LogP contribution in [0, 0.1) is 12.8 Å².